The van der Waals surface area contributed by atoms with Crippen molar-refractivity contribution in [2.24, 2.45) is 0 Å². The molecule has 1 aliphatic rings. The molecular weight excluding hydrogens is 240 g/mol. The molecule has 4 nitrogen and oxygen atoms in total. The van der Waals surface area contributed by atoms with Crippen molar-refractivity contribution in [1.29, 1.82) is 0 Å². The van der Waals surface area contributed by atoms with E-state index in [1.54, 1.807) is 13.8 Å². The Morgan fingerprint density at radius 2 is 2.12 bits per heavy atom. The third kappa shape index (κ3) is 2.66. The topological polar surface area (TPSA) is 55.8 Å². The largest absolute Gasteiger partial charge is 0.480 e. The van der Waals surface area contributed by atoms with Crippen molar-refractivity contribution in [1.82, 2.24) is 0 Å². The Kier molecular flexibility index (Phi) is 3.19. The van der Waals surface area contributed by atoms with Crippen LogP contribution in [-0.4, -0.2) is 22.6 Å². The van der Waals surface area contributed by atoms with Crippen molar-refractivity contribution in [2.45, 2.75) is 24.3 Å². The lowest BCUT2D eigenvalue weighted by atomic mass is 10.2. The van der Waals surface area contributed by atoms with Crippen molar-refractivity contribution < 1.29 is 19.4 Å². The van der Waals surface area contributed by atoms with Gasteiger partial charge in [-0.05, 0) is 31.5 Å². The predicted molar refractivity (Wildman–Crippen MR) is 65.6 cm³/mol. The van der Waals surface area contributed by atoms with Gasteiger partial charge in [-0.1, -0.05) is 6.07 Å². The summed E-state index contributed by atoms with van der Waals surface area (Å²) < 4.78 is 9.70. The van der Waals surface area contributed by atoms with Crippen molar-refractivity contribution in [3.63, 3.8) is 0 Å². The van der Waals surface area contributed by atoms with Gasteiger partial charge in [0, 0.05) is 5.75 Å². The van der Waals surface area contributed by atoms with E-state index in [0.717, 1.165) is 17.1 Å². The van der Waals surface area contributed by atoms with E-state index in [9.17, 15) is 4.79 Å². The molecule has 0 amide bonds. The Balaban J connectivity index is 2.03. The lowest BCUT2D eigenvalue weighted by molar-refractivity contribution is -0.138. The Morgan fingerprint density at radius 1 is 1.41 bits per heavy atom. The number of carbonyl (C=O) groups is 1. The number of carboxylic acids is 1. The van der Waals surface area contributed by atoms with Crippen LogP contribution in [0.3, 0.4) is 0 Å². The highest BCUT2D eigenvalue weighted by molar-refractivity contribution is 8.00. The minimum atomic E-state index is -0.803. The van der Waals surface area contributed by atoms with Crippen LogP contribution in [0.15, 0.2) is 18.2 Å². The van der Waals surface area contributed by atoms with Gasteiger partial charge in [-0.15, -0.1) is 11.8 Å². The van der Waals surface area contributed by atoms with Crippen LogP contribution in [0.1, 0.15) is 19.4 Å². The molecule has 0 spiro atoms. The van der Waals surface area contributed by atoms with Crippen molar-refractivity contribution in [3.8, 4) is 11.5 Å². The second-order valence-electron chi connectivity index (χ2n) is 4.29. The zero-order valence-electron chi connectivity index (χ0n) is 9.73. The van der Waals surface area contributed by atoms with Gasteiger partial charge in [-0.2, -0.15) is 0 Å². The first kappa shape index (κ1) is 12.1. The van der Waals surface area contributed by atoms with Crippen LogP contribution in [-0.2, 0) is 10.5 Å². The van der Waals surface area contributed by atoms with Gasteiger partial charge in [0.15, 0.2) is 11.5 Å². The van der Waals surface area contributed by atoms with Crippen LogP contribution in [0.5, 0.6) is 11.5 Å². The molecular formula is C12H14O4S. The molecule has 1 heterocycles. The number of fused-ring (bicyclic) bond motifs is 1. The van der Waals surface area contributed by atoms with Crippen molar-refractivity contribution in [3.05, 3.63) is 23.8 Å². The van der Waals surface area contributed by atoms with Crippen molar-refractivity contribution in [2.75, 3.05) is 6.79 Å². The standard InChI is InChI=1S/C12H14O4S/c1-12(2,11(13)14)17-6-8-3-4-9-10(5-8)16-7-15-9/h3-5H,6-7H2,1-2H3,(H,13,14). The maximum Gasteiger partial charge on any atom is 0.319 e. The normalized spacial score (nSPS) is 13.8. The highest BCUT2D eigenvalue weighted by Crippen LogP contribution is 2.35. The molecule has 1 aliphatic heterocycles. The third-order valence-corrected chi connectivity index (χ3v) is 3.93. The fraction of sp³-hybridized carbons (Fsp3) is 0.417. The molecule has 1 aromatic carbocycles. The number of hydrogen-bond donors (Lipinski definition) is 1. The minimum Gasteiger partial charge on any atom is -0.480 e. The first-order valence-corrected chi connectivity index (χ1v) is 6.23. The Hall–Kier alpha value is -1.36. The summed E-state index contributed by atoms with van der Waals surface area (Å²) in [4.78, 5) is 11.0. The molecule has 5 heteroatoms. The van der Waals surface area contributed by atoms with Gasteiger partial charge in [0.1, 0.15) is 4.75 Å². The second-order valence-corrected chi connectivity index (χ2v) is 5.89. The molecule has 17 heavy (non-hydrogen) atoms. The first-order chi connectivity index (χ1) is 7.99. The van der Waals surface area contributed by atoms with E-state index in [1.807, 2.05) is 18.2 Å². The number of rotatable bonds is 4. The average molecular weight is 254 g/mol. The van der Waals surface area contributed by atoms with E-state index < -0.39 is 10.7 Å². The summed E-state index contributed by atoms with van der Waals surface area (Å²) in [7, 11) is 0. The summed E-state index contributed by atoms with van der Waals surface area (Å²) in [5, 5.41) is 9.01. The van der Waals surface area contributed by atoms with Gasteiger partial charge in [-0.25, -0.2) is 0 Å². The number of aliphatic carboxylic acids is 1. The third-order valence-electron chi connectivity index (χ3n) is 2.55. The number of ether oxygens (including phenoxy) is 2. The SMILES string of the molecule is CC(C)(SCc1ccc2c(c1)OCO2)C(=O)O. The van der Waals surface area contributed by atoms with Gasteiger partial charge < -0.3 is 14.6 Å². The van der Waals surface area contributed by atoms with Crippen LogP contribution >= 0.6 is 11.8 Å². The maximum absolute atomic E-state index is 11.0. The lowest BCUT2D eigenvalue weighted by Crippen LogP contribution is -2.27. The minimum absolute atomic E-state index is 0.256. The van der Waals surface area contributed by atoms with Crippen LogP contribution in [0.4, 0.5) is 0 Å². The number of carboxylic acid groups (broad SMARTS) is 1. The smallest absolute Gasteiger partial charge is 0.319 e. The summed E-state index contributed by atoms with van der Waals surface area (Å²) in [6.07, 6.45) is 0. The molecule has 0 fully saturated rings. The summed E-state index contributed by atoms with van der Waals surface area (Å²) >= 11 is 1.39. The molecule has 0 saturated heterocycles. The van der Waals surface area contributed by atoms with E-state index in [-0.39, 0.29) is 6.79 Å². The Bertz CT molecular complexity index is 442. The Labute approximate surface area is 104 Å². The summed E-state index contributed by atoms with van der Waals surface area (Å²) in [5.41, 5.74) is 1.04. The predicted octanol–water partition coefficient (Wildman–Crippen LogP) is 2.51. The fourth-order valence-electron chi connectivity index (χ4n) is 1.36. The van der Waals surface area contributed by atoms with Crippen LogP contribution in [0.25, 0.3) is 0 Å². The van der Waals surface area contributed by atoms with Crippen LogP contribution in [0, 0.1) is 0 Å². The van der Waals surface area contributed by atoms with E-state index in [0.29, 0.717) is 5.75 Å². The summed E-state index contributed by atoms with van der Waals surface area (Å²) in [6, 6.07) is 5.68. The van der Waals surface area contributed by atoms with Gasteiger partial charge in [0.05, 0.1) is 0 Å². The highest BCUT2D eigenvalue weighted by Gasteiger charge is 2.27. The zero-order valence-corrected chi connectivity index (χ0v) is 10.5. The molecule has 1 N–H and O–H groups in total. The summed E-state index contributed by atoms with van der Waals surface area (Å²) in [6.45, 7) is 3.66. The van der Waals surface area contributed by atoms with E-state index in [4.69, 9.17) is 14.6 Å². The second kappa shape index (κ2) is 4.49. The van der Waals surface area contributed by atoms with E-state index in [1.165, 1.54) is 11.8 Å². The van der Waals surface area contributed by atoms with Gasteiger partial charge in [0.25, 0.3) is 0 Å². The molecule has 0 radical (unpaired) electrons. The molecule has 92 valence electrons. The molecule has 0 saturated carbocycles. The van der Waals surface area contributed by atoms with Gasteiger partial charge in [0.2, 0.25) is 6.79 Å². The van der Waals surface area contributed by atoms with E-state index in [2.05, 4.69) is 0 Å². The maximum atomic E-state index is 11.0. The number of benzene rings is 1. The van der Waals surface area contributed by atoms with Gasteiger partial charge >= 0.3 is 5.97 Å². The molecule has 1 aromatic rings. The molecule has 0 unspecified atom stereocenters. The van der Waals surface area contributed by atoms with Crippen LogP contribution in [0.2, 0.25) is 0 Å². The first-order valence-electron chi connectivity index (χ1n) is 5.25. The molecule has 0 bridgehead atoms. The fourth-order valence-corrected chi connectivity index (χ4v) is 2.19. The molecule has 0 aliphatic carbocycles. The quantitative estimate of drug-likeness (QED) is 0.894. The highest BCUT2D eigenvalue weighted by atomic mass is 32.2. The van der Waals surface area contributed by atoms with Crippen LogP contribution < -0.4 is 9.47 Å². The number of hydrogen-bond acceptors (Lipinski definition) is 4. The average Bonchev–Trinajstić information content (AvgIpc) is 2.73. The molecule has 2 rings (SSSR count). The number of thioether (sulfide) groups is 1. The molecule has 0 atom stereocenters. The van der Waals surface area contributed by atoms with E-state index >= 15 is 0 Å². The molecule has 0 aromatic heterocycles. The lowest BCUT2D eigenvalue weighted by Gasteiger charge is -2.18. The van der Waals surface area contributed by atoms with Gasteiger partial charge in [-0.3, -0.25) is 4.79 Å². The zero-order chi connectivity index (χ0) is 12.5. The Morgan fingerprint density at radius 3 is 2.82 bits per heavy atom. The monoisotopic (exact) mass is 254 g/mol. The summed E-state index contributed by atoms with van der Waals surface area (Å²) in [5.74, 6) is 1.31. The van der Waals surface area contributed by atoms with Crippen molar-refractivity contribution >= 4 is 17.7 Å².